The van der Waals surface area contributed by atoms with Crippen LogP contribution in [0.5, 0.6) is 0 Å². The lowest BCUT2D eigenvalue weighted by molar-refractivity contribution is 0.0215. The molecule has 1 fully saturated rings. The Balaban J connectivity index is 1.99. The van der Waals surface area contributed by atoms with Gasteiger partial charge in [-0.1, -0.05) is 0 Å². The summed E-state index contributed by atoms with van der Waals surface area (Å²) >= 11 is 0. The zero-order valence-electron chi connectivity index (χ0n) is 11.3. The van der Waals surface area contributed by atoms with Gasteiger partial charge >= 0.3 is 0 Å². The average Bonchev–Trinajstić information content (AvgIpc) is 2.40. The molecule has 1 aromatic heterocycles. The maximum absolute atomic E-state index is 5.90. The smallest absolute Gasteiger partial charge is 0.128 e. The SMILES string of the molecule is C[C@@H](N)c1ccnc(N(C)CC2CCCCO2)c1. The van der Waals surface area contributed by atoms with Crippen molar-refractivity contribution in [3.8, 4) is 0 Å². The number of rotatable bonds is 4. The number of likely N-dealkylation sites (N-methyl/N-ethyl adjacent to an activating group) is 1. The molecular weight excluding hydrogens is 226 g/mol. The highest BCUT2D eigenvalue weighted by Crippen LogP contribution is 2.19. The monoisotopic (exact) mass is 249 g/mol. The van der Waals surface area contributed by atoms with Crippen LogP contribution >= 0.6 is 0 Å². The van der Waals surface area contributed by atoms with Crippen LogP contribution in [-0.4, -0.2) is 31.3 Å². The van der Waals surface area contributed by atoms with Gasteiger partial charge in [-0.05, 0) is 43.9 Å². The van der Waals surface area contributed by atoms with Crippen molar-refractivity contribution in [1.29, 1.82) is 0 Å². The molecular formula is C14H23N3O. The van der Waals surface area contributed by atoms with Gasteiger partial charge in [0.05, 0.1) is 6.10 Å². The largest absolute Gasteiger partial charge is 0.376 e. The summed E-state index contributed by atoms with van der Waals surface area (Å²) in [6.07, 6.45) is 5.78. The summed E-state index contributed by atoms with van der Waals surface area (Å²) in [6, 6.07) is 4.08. The Morgan fingerprint density at radius 1 is 1.56 bits per heavy atom. The third-order valence-corrected chi connectivity index (χ3v) is 3.44. The Morgan fingerprint density at radius 2 is 2.39 bits per heavy atom. The molecule has 0 aliphatic carbocycles. The number of hydrogen-bond donors (Lipinski definition) is 1. The second-order valence-corrected chi connectivity index (χ2v) is 5.11. The number of ether oxygens (including phenoxy) is 1. The summed E-state index contributed by atoms with van der Waals surface area (Å²) < 4.78 is 5.75. The van der Waals surface area contributed by atoms with E-state index in [1.54, 1.807) is 0 Å². The minimum Gasteiger partial charge on any atom is -0.376 e. The zero-order chi connectivity index (χ0) is 13.0. The number of hydrogen-bond acceptors (Lipinski definition) is 4. The molecule has 2 atom stereocenters. The number of nitrogens with two attached hydrogens (primary N) is 1. The van der Waals surface area contributed by atoms with E-state index >= 15 is 0 Å². The Morgan fingerprint density at radius 3 is 3.06 bits per heavy atom. The molecule has 2 rings (SSSR count). The van der Waals surface area contributed by atoms with Crippen molar-refractivity contribution in [2.75, 3.05) is 25.1 Å². The van der Waals surface area contributed by atoms with E-state index in [1.807, 2.05) is 19.2 Å². The van der Waals surface area contributed by atoms with Gasteiger partial charge in [0, 0.05) is 32.4 Å². The number of aromatic nitrogens is 1. The maximum Gasteiger partial charge on any atom is 0.128 e. The van der Waals surface area contributed by atoms with E-state index in [-0.39, 0.29) is 6.04 Å². The van der Waals surface area contributed by atoms with Gasteiger partial charge in [0.15, 0.2) is 0 Å². The first kappa shape index (κ1) is 13.3. The number of nitrogens with zero attached hydrogens (tertiary/aromatic N) is 2. The van der Waals surface area contributed by atoms with Gasteiger partial charge in [0.1, 0.15) is 5.82 Å². The quantitative estimate of drug-likeness (QED) is 0.888. The molecule has 0 saturated carbocycles. The van der Waals surface area contributed by atoms with Crippen LogP contribution in [0.25, 0.3) is 0 Å². The molecule has 4 nitrogen and oxygen atoms in total. The van der Waals surface area contributed by atoms with Crippen molar-refractivity contribution in [1.82, 2.24) is 4.98 Å². The minimum atomic E-state index is 0.0473. The molecule has 1 saturated heterocycles. The summed E-state index contributed by atoms with van der Waals surface area (Å²) in [5.74, 6) is 0.971. The molecule has 1 aliphatic heterocycles. The molecule has 1 aliphatic rings. The van der Waals surface area contributed by atoms with Crippen LogP contribution in [0.1, 0.15) is 37.8 Å². The van der Waals surface area contributed by atoms with Crippen LogP contribution < -0.4 is 10.6 Å². The van der Waals surface area contributed by atoms with Crippen LogP contribution in [0.3, 0.4) is 0 Å². The van der Waals surface area contributed by atoms with Crippen molar-refractivity contribution in [3.05, 3.63) is 23.9 Å². The maximum atomic E-state index is 5.90. The first-order valence-corrected chi connectivity index (χ1v) is 6.71. The highest BCUT2D eigenvalue weighted by Gasteiger charge is 2.16. The third-order valence-electron chi connectivity index (χ3n) is 3.44. The molecule has 0 spiro atoms. The minimum absolute atomic E-state index is 0.0473. The molecule has 0 bridgehead atoms. The summed E-state index contributed by atoms with van der Waals surface area (Å²) in [6.45, 7) is 3.78. The molecule has 0 amide bonds. The zero-order valence-corrected chi connectivity index (χ0v) is 11.3. The van der Waals surface area contributed by atoms with Gasteiger partial charge in [-0.3, -0.25) is 0 Å². The van der Waals surface area contributed by atoms with Crippen molar-refractivity contribution in [3.63, 3.8) is 0 Å². The first-order valence-electron chi connectivity index (χ1n) is 6.71. The lowest BCUT2D eigenvalue weighted by Gasteiger charge is -2.28. The van der Waals surface area contributed by atoms with Gasteiger partial charge in [0.25, 0.3) is 0 Å². The van der Waals surface area contributed by atoms with E-state index in [0.717, 1.165) is 31.0 Å². The second-order valence-electron chi connectivity index (χ2n) is 5.11. The lowest BCUT2D eigenvalue weighted by Crippen LogP contribution is -2.33. The molecule has 2 N–H and O–H groups in total. The van der Waals surface area contributed by atoms with E-state index in [0.29, 0.717) is 6.10 Å². The highest BCUT2D eigenvalue weighted by atomic mass is 16.5. The lowest BCUT2D eigenvalue weighted by atomic mass is 10.1. The van der Waals surface area contributed by atoms with Gasteiger partial charge in [-0.15, -0.1) is 0 Å². The summed E-state index contributed by atoms with van der Waals surface area (Å²) in [5, 5.41) is 0. The summed E-state index contributed by atoms with van der Waals surface area (Å²) in [7, 11) is 2.06. The van der Waals surface area contributed by atoms with E-state index in [1.165, 1.54) is 12.8 Å². The first-order chi connectivity index (χ1) is 8.66. The molecule has 4 heteroatoms. The third kappa shape index (κ3) is 3.43. The molecule has 100 valence electrons. The van der Waals surface area contributed by atoms with Crippen molar-refractivity contribution in [2.24, 2.45) is 5.73 Å². The van der Waals surface area contributed by atoms with E-state index in [2.05, 4.69) is 23.0 Å². The van der Waals surface area contributed by atoms with Crippen molar-refractivity contribution in [2.45, 2.75) is 38.3 Å². The predicted molar refractivity (Wildman–Crippen MR) is 73.7 cm³/mol. The Kier molecular flexibility index (Phi) is 4.55. The molecule has 0 aromatic carbocycles. The highest BCUT2D eigenvalue weighted by molar-refractivity contribution is 5.41. The average molecular weight is 249 g/mol. The fraction of sp³-hybridized carbons (Fsp3) is 0.643. The van der Waals surface area contributed by atoms with Crippen molar-refractivity contribution < 1.29 is 4.74 Å². The van der Waals surface area contributed by atoms with Crippen LogP contribution in [0.2, 0.25) is 0 Å². The second kappa shape index (κ2) is 6.16. The fourth-order valence-corrected chi connectivity index (χ4v) is 2.28. The van der Waals surface area contributed by atoms with E-state index in [9.17, 15) is 0 Å². The topological polar surface area (TPSA) is 51.4 Å². The Bertz CT molecular complexity index is 375. The molecule has 2 heterocycles. The fourth-order valence-electron chi connectivity index (χ4n) is 2.28. The molecule has 18 heavy (non-hydrogen) atoms. The van der Waals surface area contributed by atoms with E-state index < -0.39 is 0 Å². The van der Waals surface area contributed by atoms with Crippen LogP contribution in [-0.2, 0) is 4.74 Å². The van der Waals surface area contributed by atoms with Crippen molar-refractivity contribution >= 4 is 5.82 Å². The summed E-state index contributed by atoms with van der Waals surface area (Å²) in [4.78, 5) is 6.56. The standard InChI is InChI=1S/C14H23N3O/c1-11(15)12-6-7-16-14(9-12)17(2)10-13-5-3-4-8-18-13/h6-7,9,11,13H,3-5,8,10,15H2,1-2H3/t11-,13?/m1/s1. The number of anilines is 1. The van der Waals surface area contributed by atoms with E-state index in [4.69, 9.17) is 10.5 Å². The van der Waals surface area contributed by atoms with Gasteiger partial charge in [-0.25, -0.2) is 4.98 Å². The van der Waals surface area contributed by atoms with Gasteiger partial charge in [-0.2, -0.15) is 0 Å². The van der Waals surface area contributed by atoms with Crippen LogP contribution in [0, 0.1) is 0 Å². The van der Waals surface area contributed by atoms with Crippen LogP contribution in [0.15, 0.2) is 18.3 Å². The molecule has 0 radical (unpaired) electrons. The predicted octanol–water partition coefficient (Wildman–Crippen LogP) is 2.11. The molecule has 1 aromatic rings. The normalized spacial score (nSPS) is 21.6. The Labute approximate surface area is 109 Å². The van der Waals surface area contributed by atoms with Crippen LogP contribution in [0.4, 0.5) is 5.82 Å². The number of pyridine rings is 1. The summed E-state index contributed by atoms with van der Waals surface area (Å²) in [5.41, 5.74) is 7.02. The molecule has 1 unspecified atom stereocenters. The Hall–Kier alpha value is -1.13. The van der Waals surface area contributed by atoms with Gasteiger partial charge < -0.3 is 15.4 Å². The van der Waals surface area contributed by atoms with Gasteiger partial charge in [0.2, 0.25) is 0 Å².